The fourth-order valence-electron chi connectivity index (χ4n) is 3.16. The third-order valence-corrected chi connectivity index (χ3v) is 5.29. The fraction of sp³-hybridized carbons (Fsp3) is 0.364. The van der Waals surface area contributed by atoms with Crippen LogP contribution in [0.4, 0.5) is 0 Å². The predicted molar refractivity (Wildman–Crippen MR) is 116 cm³/mol. The van der Waals surface area contributed by atoms with Crippen LogP contribution in [0.15, 0.2) is 58.1 Å². The van der Waals surface area contributed by atoms with Gasteiger partial charge in [-0.25, -0.2) is 5.43 Å². The molecule has 0 saturated heterocycles. The molecule has 3 rings (SSSR count). The Labute approximate surface area is 174 Å². The van der Waals surface area contributed by atoms with Crippen molar-refractivity contribution in [3.63, 3.8) is 0 Å². The quantitative estimate of drug-likeness (QED) is 0.469. The summed E-state index contributed by atoms with van der Waals surface area (Å²) in [6.45, 7) is 0.829. The van der Waals surface area contributed by atoms with Crippen molar-refractivity contribution in [3.8, 4) is 5.75 Å². The molecule has 5 nitrogen and oxygen atoms in total. The molecule has 1 amide bonds. The second-order valence-corrected chi connectivity index (χ2v) is 7.91. The van der Waals surface area contributed by atoms with Crippen molar-refractivity contribution in [1.82, 2.24) is 10.7 Å². The van der Waals surface area contributed by atoms with Gasteiger partial charge < -0.3 is 10.1 Å². The van der Waals surface area contributed by atoms with Gasteiger partial charge in [0.2, 0.25) is 0 Å². The highest BCUT2D eigenvalue weighted by Crippen LogP contribution is 2.17. The standard InChI is InChI=1S/C22H26BrN3O2/c23-19-10-6-18(7-11-19)16-28-21-12-8-17(9-13-21)14-25-26-22(27)15-24-20-4-2-1-3-5-20/h6-14,20,24H,1-5,15-16H2,(H,26,27)/b25-14-. The average Bonchev–Trinajstić information content (AvgIpc) is 2.73. The summed E-state index contributed by atoms with van der Waals surface area (Å²) in [6, 6.07) is 16.1. The highest BCUT2D eigenvalue weighted by atomic mass is 79.9. The molecule has 0 atom stereocenters. The number of rotatable bonds is 8. The van der Waals surface area contributed by atoms with E-state index in [0.29, 0.717) is 19.2 Å². The predicted octanol–water partition coefficient (Wildman–Crippen LogP) is 4.40. The van der Waals surface area contributed by atoms with Crippen molar-refractivity contribution in [1.29, 1.82) is 0 Å². The highest BCUT2D eigenvalue weighted by molar-refractivity contribution is 9.10. The molecule has 1 fully saturated rings. The zero-order valence-electron chi connectivity index (χ0n) is 15.9. The summed E-state index contributed by atoms with van der Waals surface area (Å²) in [4.78, 5) is 11.9. The minimum Gasteiger partial charge on any atom is -0.489 e. The van der Waals surface area contributed by atoms with E-state index in [9.17, 15) is 4.79 Å². The SMILES string of the molecule is O=C(CNC1CCCCC1)N/N=C\c1ccc(OCc2ccc(Br)cc2)cc1. The fourth-order valence-corrected chi connectivity index (χ4v) is 3.42. The summed E-state index contributed by atoms with van der Waals surface area (Å²) < 4.78 is 6.83. The van der Waals surface area contributed by atoms with Gasteiger partial charge in [0.1, 0.15) is 12.4 Å². The molecule has 0 radical (unpaired) electrons. The smallest absolute Gasteiger partial charge is 0.254 e. The molecule has 0 aliphatic heterocycles. The van der Waals surface area contributed by atoms with Crippen molar-refractivity contribution in [2.45, 2.75) is 44.8 Å². The first kappa shape index (κ1) is 20.6. The maximum Gasteiger partial charge on any atom is 0.254 e. The number of benzene rings is 2. The van der Waals surface area contributed by atoms with Crippen LogP contribution in [0.25, 0.3) is 0 Å². The number of nitrogens with zero attached hydrogens (tertiary/aromatic N) is 1. The molecule has 1 aliphatic rings. The topological polar surface area (TPSA) is 62.7 Å². The van der Waals surface area contributed by atoms with Crippen molar-refractivity contribution >= 4 is 28.1 Å². The van der Waals surface area contributed by atoms with Gasteiger partial charge >= 0.3 is 0 Å². The lowest BCUT2D eigenvalue weighted by Crippen LogP contribution is -2.38. The molecule has 0 spiro atoms. The average molecular weight is 444 g/mol. The Bertz CT molecular complexity index is 769. The van der Waals surface area contributed by atoms with E-state index < -0.39 is 0 Å². The first-order valence-electron chi connectivity index (χ1n) is 9.71. The molecule has 1 aliphatic carbocycles. The number of amides is 1. The van der Waals surface area contributed by atoms with E-state index in [2.05, 4.69) is 31.8 Å². The van der Waals surface area contributed by atoms with Gasteiger partial charge in [-0.05, 0) is 60.4 Å². The highest BCUT2D eigenvalue weighted by Gasteiger charge is 2.13. The largest absolute Gasteiger partial charge is 0.489 e. The van der Waals surface area contributed by atoms with Crippen LogP contribution in [-0.4, -0.2) is 24.7 Å². The molecule has 0 aromatic heterocycles. The van der Waals surface area contributed by atoms with Crippen LogP contribution in [0, 0.1) is 0 Å². The van der Waals surface area contributed by atoms with Gasteiger partial charge in [0.25, 0.3) is 5.91 Å². The second-order valence-electron chi connectivity index (χ2n) is 6.99. The lowest BCUT2D eigenvalue weighted by atomic mass is 9.95. The minimum atomic E-state index is -0.115. The Balaban J connectivity index is 1.38. The van der Waals surface area contributed by atoms with Crippen molar-refractivity contribution in [2.24, 2.45) is 5.10 Å². The normalized spacial score (nSPS) is 14.9. The Morgan fingerprint density at radius 3 is 2.50 bits per heavy atom. The summed E-state index contributed by atoms with van der Waals surface area (Å²) in [5.74, 6) is 0.678. The molecule has 0 unspecified atom stereocenters. The monoisotopic (exact) mass is 443 g/mol. The van der Waals surface area contributed by atoms with Crippen molar-refractivity contribution < 1.29 is 9.53 Å². The molecular weight excluding hydrogens is 418 g/mol. The van der Waals surface area contributed by atoms with Gasteiger partial charge in [0.15, 0.2) is 0 Å². The number of carbonyl (C=O) groups excluding carboxylic acids is 1. The molecule has 2 N–H and O–H groups in total. The molecule has 0 heterocycles. The number of carbonyl (C=O) groups is 1. The van der Waals surface area contributed by atoms with Gasteiger partial charge in [-0.1, -0.05) is 47.3 Å². The van der Waals surface area contributed by atoms with Crippen LogP contribution in [0.2, 0.25) is 0 Å². The summed E-state index contributed by atoms with van der Waals surface area (Å²) >= 11 is 3.42. The second kappa shape index (κ2) is 11.0. The van der Waals surface area contributed by atoms with E-state index >= 15 is 0 Å². The zero-order valence-corrected chi connectivity index (χ0v) is 17.5. The number of ether oxygens (including phenoxy) is 1. The van der Waals surface area contributed by atoms with E-state index in [-0.39, 0.29) is 5.91 Å². The van der Waals surface area contributed by atoms with E-state index in [1.807, 2.05) is 48.5 Å². The minimum absolute atomic E-state index is 0.115. The third-order valence-electron chi connectivity index (χ3n) is 4.76. The Morgan fingerprint density at radius 1 is 1.07 bits per heavy atom. The van der Waals surface area contributed by atoms with E-state index in [0.717, 1.165) is 34.2 Å². The maximum absolute atomic E-state index is 11.9. The lowest BCUT2D eigenvalue weighted by molar-refractivity contribution is -0.120. The molecule has 2 aromatic carbocycles. The number of halogens is 1. The zero-order chi connectivity index (χ0) is 19.6. The van der Waals surface area contributed by atoms with Crippen LogP contribution >= 0.6 is 15.9 Å². The van der Waals surface area contributed by atoms with Gasteiger partial charge in [-0.15, -0.1) is 0 Å². The molecule has 28 heavy (non-hydrogen) atoms. The van der Waals surface area contributed by atoms with E-state index in [1.165, 1.54) is 19.3 Å². The summed E-state index contributed by atoms with van der Waals surface area (Å²) in [6.07, 6.45) is 7.76. The lowest BCUT2D eigenvalue weighted by Gasteiger charge is -2.22. The van der Waals surface area contributed by atoms with Crippen molar-refractivity contribution in [2.75, 3.05) is 6.54 Å². The number of hydrogen-bond donors (Lipinski definition) is 2. The van der Waals surface area contributed by atoms with Crippen LogP contribution < -0.4 is 15.5 Å². The van der Waals surface area contributed by atoms with E-state index in [1.54, 1.807) is 6.21 Å². The van der Waals surface area contributed by atoms with Crippen LogP contribution in [0.3, 0.4) is 0 Å². The third kappa shape index (κ3) is 7.09. The Morgan fingerprint density at radius 2 is 1.79 bits per heavy atom. The Hall–Kier alpha value is -2.18. The van der Waals surface area contributed by atoms with Gasteiger partial charge in [-0.2, -0.15) is 5.10 Å². The van der Waals surface area contributed by atoms with Gasteiger partial charge in [-0.3, -0.25) is 4.79 Å². The molecule has 2 aromatic rings. The molecule has 148 valence electrons. The summed E-state index contributed by atoms with van der Waals surface area (Å²) in [5.41, 5.74) is 4.58. The van der Waals surface area contributed by atoms with Gasteiger partial charge in [0.05, 0.1) is 12.8 Å². The summed E-state index contributed by atoms with van der Waals surface area (Å²) in [5, 5.41) is 7.33. The van der Waals surface area contributed by atoms with Crippen molar-refractivity contribution in [3.05, 3.63) is 64.1 Å². The first-order chi connectivity index (χ1) is 13.7. The molecule has 0 bridgehead atoms. The van der Waals surface area contributed by atoms with Crippen LogP contribution in [0.1, 0.15) is 43.2 Å². The molecule has 1 saturated carbocycles. The van der Waals surface area contributed by atoms with Crippen LogP contribution in [0.5, 0.6) is 5.75 Å². The first-order valence-corrected chi connectivity index (χ1v) is 10.5. The number of hydrazone groups is 1. The molecular formula is C22H26BrN3O2. The maximum atomic E-state index is 11.9. The van der Waals surface area contributed by atoms with E-state index in [4.69, 9.17) is 4.74 Å². The molecule has 6 heteroatoms. The summed E-state index contributed by atoms with van der Waals surface area (Å²) in [7, 11) is 0. The number of nitrogens with one attached hydrogen (secondary N) is 2. The Kier molecular flexibility index (Phi) is 8.06. The number of hydrogen-bond acceptors (Lipinski definition) is 4. The van der Waals surface area contributed by atoms with Gasteiger partial charge in [0, 0.05) is 10.5 Å². The van der Waals surface area contributed by atoms with Crippen LogP contribution in [-0.2, 0) is 11.4 Å².